The molecule has 3 fully saturated rings. The molecule has 1 N–H and O–H groups in total. The van der Waals surface area contributed by atoms with E-state index in [0.717, 1.165) is 12.8 Å². The Bertz CT molecular complexity index is 859. The van der Waals surface area contributed by atoms with Gasteiger partial charge in [-0.05, 0) is 24.8 Å². The number of hydrogen-bond acceptors (Lipinski definition) is 4. The van der Waals surface area contributed by atoms with Crippen LogP contribution in [0.15, 0.2) is 23.1 Å². The number of pyridine rings is 1. The number of aliphatic carboxylic acids is 1. The van der Waals surface area contributed by atoms with E-state index in [-0.39, 0.29) is 37.0 Å². The van der Waals surface area contributed by atoms with E-state index in [1.807, 2.05) is 0 Å². The summed E-state index contributed by atoms with van der Waals surface area (Å²) in [6, 6.07) is 2.74. The molecule has 2 saturated heterocycles. The van der Waals surface area contributed by atoms with Gasteiger partial charge in [-0.1, -0.05) is 0 Å². The number of aromatic nitrogens is 1. The molecule has 0 unspecified atom stereocenters. The minimum Gasteiger partial charge on any atom is -0.481 e. The number of carboxylic acid groups (broad SMARTS) is 1. The standard InChI is InChI=1S/C18H21N3O5/c1-19-7-12(4-5-14(19)22)15(23)21-8-13-16(24)20(6-11-2-3-11)9-18(13,10-21)17(25)26/h4-5,7,11,13H,2-3,6,8-10H2,1H3,(H,25,26)/t13-,18+/m1/s1. The van der Waals surface area contributed by atoms with Gasteiger partial charge in [-0.15, -0.1) is 0 Å². The molecule has 0 radical (unpaired) electrons. The Labute approximate surface area is 150 Å². The van der Waals surface area contributed by atoms with Gasteiger partial charge in [0.15, 0.2) is 0 Å². The molecule has 1 aliphatic carbocycles. The predicted octanol–water partition coefficient (Wildman–Crippen LogP) is -0.219. The van der Waals surface area contributed by atoms with Crippen molar-refractivity contribution in [2.24, 2.45) is 24.3 Å². The number of hydrogen-bond donors (Lipinski definition) is 1. The summed E-state index contributed by atoms with van der Waals surface area (Å²) in [5, 5.41) is 9.85. The summed E-state index contributed by atoms with van der Waals surface area (Å²) in [6.45, 7) is 0.911. The number of carbonyl (C=O) groups excluding carboxylic acids is 2. The van der Waals surface area contributed by atoms with Crippen LogP contribution in [0.4, 0.5) is 0 Å². The second-order valence-electron chi connectivity index (χ2n) is 7.73. The van der Waals surface area contributed by atoms with Gasteiger partial charge in [-0.25, -0.2) is 0 Å². The van der Waals surface area contributed by atoms with Crippen molar-refractivity contribution >= 4 is 17.8 Å². The summed E-state index contributed by atoms with van der Waals surface area (Å²) < 4.78 is 1.31. The van der Waals surface area contributed by atoms with Gasteiger partial charge in [-0.2, -0.15) is 0 Å². The van der Waals surface area contributed by atoms with Gasteiger partial charge >= 0.3 is 5.97 Å². The molecule has 2 atom stereocenters. The molecule has 8 nitrogen and oxygen atoms in total. The highest BCUT2D eigenvalue weighted by molar-refractivity contribution is 5.98. The molecule has 0 bridgehead atoms. The number of carbonyl (C=O) groups is 3. The Morgan fingerprint density at radius 1 is 1.23 bits per heavy atom. The van der Waals surface area contributed by atoms with Gasteiger partial charge in [0.25, 0.3) is 5.91 Å². The third kappa shape index (κ3) is 2.51. The summed E-state index contributed by atoms with van der Waals surface area (Å²) in [5.74, 6) is -1.74. The van der Waals surface area contributed by atoms with Crippen LogP contribution in [0.1, 0.15) is 23.2 Å². The van der Waals surface area contributed by atoms with E-state index in [1.165, 1.54) is 27.8 Å². The Morgan fingerprint density at radius 3 is 2.54 bits per heavy atom. The van der Waals surface area contributed by atoms with Gasteiger partial charge in [0, 0.05) is 45.5 Å². The zero-order valence-corrected chi connectivity index (χ0v) is 14.6. The van der Waals surface area contributed by atoms with Gasteiger partial charge in [0.1, 0.15) is 5.41 Å². The highest BCUT2D eigenvalue weighted by Crippen LogP contribution is 2.45. The van der Waals surface area contributed by atoms with E-state index in [2.05, 4.69) is 0 Å². The van der Waals surface area contributed by atoms with Crippen LogP contribution in [-0.2, 0) is 16.6 Å². The number of fused-ring (bicyclic) bond motifs is 1. The van der Waals surface area contributed by atoms with Crippen molar-refractivity contribution in [1.29, 1.82) is 0 Å². The lowest BCUT2D eigenvalue weighted by Crippen LogP contribution is -2.42. The molecule has 2 amide bonds. The summed E-state index contributed by atoms with van der Waals surface area (Å²) in [5.41, 5.74) is -1.15. The minimum atomic E-state index is -1.23. The Balaban J connectivity index is 1.58. The van der Waals surface area contributed by atoms with E-state index >= 15 is 0 Å². The molecule has 3 aliphatic rings. The lowest BCUT2D eigenvalue weighted by Gasteiger charge is -2.25. The average Bonchev–Trinajstić information content (AvgIpc) is 3.26. The Morgan fingerprint density at radius 2 is 1.96 bits per heavy atom. The molecule has 0 spiro atoms. The first-order valence-electron chi connectivity index (χ1n) is 8.80. The maximum atomic E-state index is 12.8. The fourth-order valence-corrected chi connectivity index (χ4v) is 4.13. The number of likely N-dealkylation sites (tertiary alicyclic amines) is 2. The molecular weight excluding hydrogens is 338 g/mol. The normalized spacial score (nSPS) is 27.7. The fourth-order valence-electron chi connectivity index (χ4n) is 4.13. The fraction of sp³-hybridized carbons (Fsp3) is 0.556. The maximum absolute atomic E-state index is 12.8. The van der Waals surface area contributed by atoms with Gasteiger partial charge < -0.3 is 19.5 Å². The molecule has 138 valence electrons. The van der Waals surface area contributed by atoms with Crippen molar-refractivity contribution in [2.45, 2.75) is 12.8 Å². The second-order valence-corrected chi connectivity index (χ2v) is 7.73. The van der Waals surface area contributed by atoms with Crippen molar-refractivity contribution in [1.82, 2.24) is 14.4 Å². The third-order valence-corrected chi connectivity index (χ3v) is 5.85. The first-order chi connectivity index (χ1) is 12.3. The van der Waals surface area contributed by atoms with Crippen molar-refractivity contribution in [3.05, 3.63) is 34.2 Å². The molecule has 1 aromatic heterocycles. The quantitative estimate of drug-likeness (QED) is 0.801. The zero-order valence-electron chi connectivity index (χ0n) is 14.6. The van der Waals surface area contributed by atoms with Gasteiger partial charge in [-0.3, -0.25) is 19.2 Å². The van der Waals surface area contributed by atoms with Gasteiger partial charge in [0.05, 0.1) is 11.5 Å². The number of carboxylic acids is 1. The second kappa shape index (κ2) is 5.69. The molecule has 1 saturated carbocycles. The van der Waals surface area contributed by atoms with Gasteiger partial charge in [0.2, 0.25) is 11.5 Å². The minimum absolute atomic E-state index is 0.0155. The molecular formula is C18H21N3O5. The van der Waals surface area contributed by atoms with E-state index < -0.39 is 17.3 Å². The highest BCUT2D eigenvalue weighted by Gasteiger charge is 2.63. The van der Waals surface area contributed by atoms with Crippen molar-refractivity contribution < 1.29 is 19.5 Å². The summed E-state index contributed by atoms with van der Waals surface area (Å²) in [6.07, 6.45) is 3.62. The SMILES string of the molecule is Cn1cc(C(=O)N2C[C@@H]3C(=O)N(CC4CC4)C[C@]3(C(=O)O)C2)ccc1=O. The molecule has 2 aliphatic heterocycles. The smallest absolute Gasteiger partial charge is 0.314 e. The number of amides is 2. The van der Waals surface area contributed by atoms with Crippen LogP contribution in [0.2, 0.25) is 0 Å². The van der Waals surface area contributed by atoms with Crippen molar-refractivity contribution in [3.8, 4) is 0 Å². The van der Waals surface area contributed by atoms with E-state index in [9.17, 15) is 24.3 Å². The molecule has 0 aromatic carbocycles. The molecule has 3 heterocycles. The van der Waals surface area contributed by atoms with Crippen molar-refractivity contribution in [3.63, 3.8) is 0 Å². The van der Waals surface area contributed by atoms with Crippen LogP contribution < -0.4 is 5.56 Å². The van der Waals surface area contributed by atoms with Crippen LogP contribution in [0.5, 0.6) is 0 Å². The Hall–Kier alpha value is -2.64. The van der Waals surface area contributed by atoms with E-state index in [4.69, 9.17) is 0 Å². The first kappa shape index (κ1) is 16.8. The zero-order chi connectivity index (χ0) is 18.6. The summed E-state index contributed by atoms with van der Waals surface area (Å²) in [4.78, 5) is 52.2. The number of rotatable bonds is 4. The molecule has 1 aromatic rings. The average molecular weight is 359 g/mol. The Kier molecular flexibility index (Phi) is 3.68. The largest absolute Gasteiger partial charge is 0.481 e. The first-order valence-corrected chi connectivity index (χ1v) is 8.80. The van der Waals surface area contributed by atoms with E-state index in [1.54, 1.807) is 11.9 Å². The lowest BCUT2D eigenvalue weighted by atomic mass is 9.81. The predicted molar refractivity (Wildman–Crippen MR) is 90.4 cm³/mol. The maximum Gasteiger partial charge on any atom is 0.314 e. The van der Waals surface area contributed by atoms with Crippen LogP contribution in [0.3, 0.4) is 0 Å². The van der Waals surface area contributed by atoms with Crippen LogP contribution in [0.25, 0.3) is 0 Å². The molecule has 8 heteroatoms. The lowest BCUT2D eigenvalue weighted by molar-refractivity contribution is -0.149. The molecule has 4 rings (SSSR count). The number of nitrogens with zero attached hydrogens (tertiary/aromatic N) is 3. The monoisotopic (exact) mass is 359 g/mol. The van der Waals surface area contributed by atoms with Crippen LogP contribution in [0, 0.1) is 17.3 Å². The van der Waals surface area contributed by atoms with Crippen LogP contribution in [-0.4, -0.2) is 63.4 Å². The number of aryl methyl sites for hydroxylation is 1. The summed E-state index contributed by atoms with van der Waals surface area (Å²) in [7, 11) is 1.55. The van der Waals surface area contributed by atoms with E-state index in [0.29, 0.717) is 18.0 Å². The summed E-state index contributed by atoms with van der Waals surface area (Å²) >= 11 is 0. The molecule has 26 heavy (non-hydrogen) atoms. The third-order valence-electron chi connectivity index (χ3n) is 5.85. The highest BCUT2D eigenvalue weighted by atomic mass is 16.4. The van der Waals surface area contributed by atoms with Crippen LogP contribution >= 0.6 is 0 Å². The van der Waals surface area contributed by atoms with Crippen molar-refractivity contribution in [2.75, 3.05) is 26.2 Å². The topological polar surface area (TPSA) is 99.9 Å².